The van der Waals surface area contributed by atoms with E-state index in [4.69, 9.17) is 0 Å². The molecule has 0 atom stereocenters. The van der Waals surface area contributed by atoms with Crippen LogP contribution >= 0.6 is 0 Å². The molecule has 1 saturated heterocycles. The number of hydrogen-bond acceptors (Lipinski definition) is 5. The molecule has 0 spiro atoms. The van der Waals surface area contributed by atoms with Crippen LogP contribution in [0.5, 0.6) is 0 Å². The fraction of sp³-hybridized carbons (Fsp3) is 0.727. The van der Waals surface area contributed by atoms with Gasteiger partial charge in [0.15, 0.2) is 5.82 Å². The molecule has 0 aromatic carbocycles. The van der Waals surface area contributed by atoms with Crippen LogP contribution in [0.2, 0.25) is 0 Å². The summed E-state index contributed by atoms with van der Waals surface area (Å²) in [5, 5.41) is 14.2. The van der Waals surface area contributed by atoms with Crippen molar-refractivity contribution in [3.63, 3.8) is 0 Å². The van der Waals surface area contributed by atoms with E-state index in [-0.39, 0.29) is 10.7 Å². The van der Waals surface area contributed by atoms with E-state index in [1.165, 1.54) is 6.20 Å². The highest BCUT2D eigenvalue weighted by Crippen LogP contribution is 2.13. The number of hydrogen-bond donors (Lipinski definition) is 1. The molecule has 1 aliphatic rings. The van der Waals surface area contributed by atoms with Gasteiger partial charge in [-0.05, 0) is 24.4 Å². The van der Waals surface area contributed by atoms with E-state index in [1.54, 1.807) is 11.5 Å². The molecule has 1 N–H and O–H groups in total. The second kappa shape index (κ2) is 5.92. The van der Waals surface area contributed by atoms with E-state index in [1.807, 2.05) is 0 Å². The molecule has 1 aliphatic heterocycles. The highest BCUT2D eigenvalue weighted by atomic mass is 16.6. The molecule has 0 bridgehead atoms. The Morgan fingerprint density at radius 1 is 1.44 bits per heavy atom. The van der Waals surface area contributed by atoms with Crippen molar-refractivity contribution in [2.75, 3.05) is 32.7 Å². The van der Waals surface area contributed by atoms with Crippen molar-refractivity contribution < 1.29 is 4.92 Å². The van der Waals surface area contributed by atoms with E-state index in [9.17, 15) is 10.1 Å². The lowest BCUT2D eigenvalue weighted by Gasteiger charge is -2.18. The molecule has 18 heavy (non-hydrogen) atoms. The number of imidazole rings is 1. The van der Waals surface area contributed by atoms with Crippen LogP contribution in [0.4, 0.5) is 5.82 Å². The van der Waals surface area contributed by atoms with Gasteiger partial charge < -0.3 is 15.4 Å². The zero-order valence-corrected chi connectivity index (χ0v) is 10.6. The summed E-state index contributed by atoms with van der Waals surface area (Å²) in [6.45, 7) is 7.36. The van der Waals surface area contributed by atoms with Gasteiger partial charge in [-0.1, -0.05) is 0 Å². The SMILES string of the molecule is Cc1ncc([N+](=O)[O-])n1CCN1CCCNCC1. The van der Waals surface area contributed by atoms with Crippen LogP contribution in [0.3, 0.4) is 0 Å². The van der Waals surface area contributed by atoms with Gasteiger partial charge in [-0.3, -0.25) is 4.90 Å². The minimum Gasteiger partial charge on any atom is -0.358 e. The van der Waals surface area contributed by atoms with E-state index in [0.717, 1.165) is 39.1 Å². The maximum Gasteiger partial charge on any atom is 0.342 e. The third kappa shape index (κ3) is 3.05. The Hall–Kier alpha value is -1.47. The summed E-state index contributed by atoms with van der Waals surface area (Å²) in [6.07, 6.45) is 2.46. The van der Waals surface area contributed by atoms with Crippen molar-refractivity contribution in [1.82, 2.24) is 19.8 Å². The molecule has 0 radical (unpaired) electrons. The predicted molar refractivity (Wildman–Crippen MR) is 67.5 cm³/mol. The van der Waals surface area contributed by atoms with E-state index < -0.39 is 0 Å². The molecule has 1 aromatic heterocycles. The normalized spacial score (nSPS) is 17.6. The molecular formula is C11H19N5O2. The van der Waals surface area contributed by atoms with Gasteiger partial charge in [0.05, 0.1) is 0 Å². The van der Waals surface area contributed by atoms with Crippen LogP contribution in [0.1, 0.15) is 12.2 Å². The summed E-state index contributed by atoms with van der Waals surface area (Å²) in [4.78, 5) is 16.8. The van der Waals surface area contributed by atoms with Crippen LogP contribution in [0.15, 0.2) is 6.20 Å². The summed E-state index contributed by atoms with van der Waals surface area (Å²) >= 11 is 0. The third-order valence-electron chi connectivity index (χ3n) is 3.29. The number of nitrogens with zero attached hydrogens (tertiary/aromatic N) is 4. The number of nitrogens with one attached hydrogen (secondary N) is 1. The van der Waals surface area contributed by atoms with E-state index >= 15 is 0 Å². The Balaban J connectivity index is 1.96. The maximum atomic E-state index is 10.9. The lowest BCUT2D eigenvalue weighted by molar-refractivity contribution is -0.392. The molecular weight excluding hydrogens is 234 g/mol. The van der Waals surface area contributed by atoms with E-state index in [2.05, 4.69) is 15.2 Å². The van der Waals surface area contributed by atoms with Crippen molar-refractivity contribution in [2.45, 2.75) is 19.9 Å². The monoisotopic (exact) mass is 253 g/mol. The zero-order chi connectivity index (χ0) is 13.0. The van der Waals surface area contributed by atoms with Crippen LogP contribution in [-0.2, 0) is 6.54 Å². The summed E-state index contributed by atoms with van der Waals surface area (Å²) in [7, 11) is 0. The smallest absolute Gasteiger partial charge is 0.342 e. The summed E-state index contributed by atoms with van der Waals surface area (Å²) in [5.41, 5.74) is 0. The molecule has 0 saturated carbocycles. The lowest BCUT2D eigenvalue weighted by Crippen LogP contribution is -2.31. The molecule has 7 nitrogen and oxygen atoms in total. The van der Waals surface area contributed by atoms with Gasteiger partial charge in [0.1, 0.15) is 12.7 Å². The Morgan fingerprint density at radius 3 is 3.06 bits per heavy atom. The number of rotatable bonds is 4. The number of aryl methyl sites for hydroxylation is 1. The average molecular weight is 253 g/mol. The molecule has 1 fully saturated rings. The van der Waals surface area contributed by atoms with Gasteiger partial charge in [-0.15, -0.1) is 0 Å². The first-order valence-corrected chi connectivity index (χ1v) is 6.28. The summed E-state index contributed by atoms with van der Waals surface area (Å²) in [5.74, 6) is 0.787. The van der Waals surface area contributed by atoms with Gasteiger partial charge in [0.2, 0.25) is 0 Å². The molecule has 7 heteroatoms. The third-order valence-corrected chi connectivity index (χ3v) is 3.29. The average Bonchev–Trinajstić information content (AvgIpc) is 2.56. The largest absolute Gasteiger partial charge is 0.358 e. The number of nitro groups is 1. The van der Waals surface area contributed by atoms with Crippen LogP contribution in [-0.4, -0.2) is 52.1 Å². The molecule has 2 rings (SSSR count). The molecule has 1 aromatic rings. The first kappa shape index (κ1) is 13.0. The maximum absolute atomic E-state index is 10.9. The zero-order valence-electron chi connectivity index (χ0n) is 10.6. The van der Waals surface area contributed by atoms with Crippen LogP contribution < -0.4 is 5.32 Å². The first-order valence-electron chi connectivity index (χ1n) is 6.28. The Labute approximate surface area is 106 Å². The Kier molecular flexibility index (Phi) is 4.27. The Bertz CT molecular complexity index is 410. The highest BCUT2D eigenvalue weighted by molar-refractivity contribution is 5.18. The van der Waals surface area contributed by atoms with Gasteiger partial charge in [0.25, 0.3) is 0 Å². The minimum absolute atomic E-state index is 0.0837. The molecule has 0 amide bonds. The fourth-order valence-electron chi connectivity index (χ4n) is 2.25. The fourth-order valence-corrected chi connectivity index (χ4v) is 2.25. The van der Waals surface area contributed by atoms with Crippen molar-refractivity contribution in [3.8, 4) is 0 Å². The lowest BCUT2D eigenvalue weighted by atomic mass is 10.4. The molecule has 2 heterocycles. The standard InChI is InChI=1S/C11H19N5O2/c1-10-13-9-11(16(17)18)15(10)8-7-14-5-2-3-12-4-6-14/h9,12H,2-8H2,1H3. The molecule has 100 valence electrons. The molecule has 0 unspecified atom stereocenters. The topological polar surface area (TPSA) is 76.2 Å². The minimum atomic E-state index is -0.371. The quantitative estimate of drug-likeness (QED) is 0.620. The van der Waals surface area contributed by atoms with Gasteiger partial charge in [-0.25, -0.2) is 9.55 Å². The number of aromatic nitrogens is 2. The van der Waals surface area contributed by atoms with Gasteiger partial charge >= 0.3 is 5.82 Å². The summed E-state index contributed by atoms with van der Waals surface area (Å²) in [6, 6.07) is 0. The van der Waals surface area contributed by atoms with Crippen LogP contribution in [0.25, 0.3) is 0 Å². The van der Waals surface area contributed by atoms with Gasteiger partial charge in [-0.2, -0.15) is 0 Å². The van der Waals surface area contributed by atoms with Crippen molar-refractivity contribution in [3.05, 3.63) is 22.1 Å². The van der Waals surface area contributed by atoms with Crippen LogP contribution in [0, 0.1) is 17.0 Å². The second-order valence-corrected chi connectivity index (χ2v) is 4.52. The first-order chi connectivity index (χ1) is 8.68. The summed E-state index contributed by atoms with van der Waals surface area (Å²) < 4.78 is 1.68. The van der Waals surface area contributed by atoms with Crippen molar-refractivity contribution in [2.24, 2.45) is 0 Å². The highest BCUT2D eigenvalue weighted by Gasteiger charge is 2.18. The van der Waals surface area contributed by atoms with Crippen molar-refractivity contribution >= 4 is 5.82 Å². The second-order valence-electron chi connectivity index (χ2n) is 4.52. The Morgan fingerprint density at radius 2 is 2.28 bits per heavy atom. The van der Waals surface area contributed by atoms with E-state index in [0.29, 0.717) is 12.4 Å². The van der Waals surface area contributed by atoms with Crippen molar-refractivity contribution in [1.29, 1.82) is 0 Å². The molecule has 0 aliphatic carbocycles. The predicted octanol–water partition coefficient (Wildman–Crippen LogP) is 0.395. The van der Waals surface area contributed by atoms with Gasteiger partial charge in [0, 0.05) is 26.6 Å².